The van der Waals surface area contributed by atoms with E-state index in [0.29, 0.717) is 6.04 Å². The van der Waals surface area contributed by atoms with Crippen LogP contribution in [0.15, 0.2) is 28.7 Å². The van der Waals surface area contributed by atoms with Gasteiger partial charge in [-0.3, -0.25) is 0 Å². The van der Waals surface area contributed by atoms with Crippen LogP contribution in [0.25, 0.3) is 0 Å². The van der Waals surface area contributed by atoms with Crippen LogP contribution in [0.5, 0.6) is 0 Å². The molecular formula is C11H14BrNO. The van der Waals surface area contributed by atoms with Crippen molar-refractivity contribution in [2.45, 2.75) is 12.5 Å². The molecule has 1 atom stereocenters. The van der Waals surface area contributed by atoms with E-state index in [9.17, 15) is 0 Å². The summed E-state index contributed by atoms with van der Waals surface area (Å²) in [6, 6.07) is 8.77. The SMILES string of the molecule is Brc1ccc(C2COCCCN2)cc1. The van der Waals surface area contributed by atoms with Crippen molar-refractivity contribution in [3.05, 3.63) is 34.3 Å². The zero-order chi connectivity index (χ0) is 9.80. The second kappa shape index (κ2) is 4.91. The maximum atomic E-state index is 5.52. The van der Waals surface area contributed by atoms with Crippen molar-refractivity contribution >= 4 is 15.9 Å². The summed E-state index contributed by atoms with van der Waals surface area (Å²) in [6.45, 7) is 2.70. The van der Waals surface area contributed by atoms with Gasteiger partial charge in [0.15, 0.2) is 0 Å². The van der Waals surface area contributed by atoms with Crippen LogP contribution < -0.4 is 5.32 Å². The lowest BCUT2D eigenvalue weighted by atomic mass is 10.1. The van der Waals surface area contributed by atoms with Crippen molar-refractivity contribution in [1.29, 1.82) is 0 Å². The van der Waals surface area contributed by atoms with Gasteiger partial charge in [0.25, 0.3) is 0 Å². The maximum Gasteiger partial charge on any atom is 0.0661 e. The second-order valence-electron chi connectivity index (χ2n) is 3.49. The summed E-state index contributed by atoms with van der Waals surface area (Å²) in [6.07, 6.45) is 1.10. The third-order valence-electron chi connectivity index (χ3n) is 2.41. The van der Waals surface area contributed by atoms with Gasteiger partial charge in [0, 0.05) is 11.1 Å². The van der Waals surface area contributed by atoms with Crippen LogP contribution in [-0.4, -0.2) is 19.8 Å². The van der Waals surface area contributed by atoms with Crippen molar-refractivity contribution in [2.24, 2.45) is 0 Å². The van der Waals surface area contributed by atoms with Gasteiger partial charge in [-0.05, 0) is 30.7 Å². The van der Waals surface area contributed by atoms with E-state index < -0.39 is 0 Å². The summed E-state index contributed by atoms with van der Waals surface area (Å²) in [4.78, 5) is 0. The standard InChI is InChI=1S/C11H14BrNO/c12-10-4-2-9(3-5-10)11-8-14-7-1-6-13-11/h2-5,11,13H,1,6-8H2. The lowest BCUT2D eigenvalue weighted by Crippen LogP contribution is -2.23. The van der Waals surface area contributed by atoms with E-state index in [1.807, 2.05) is 0 Å². The van der Waals surface area contributed by atoms with E-state index >= 15 is 0 Å². The first kappa shape index (κ1) is 10.1. The summed E-state index contributed by atoms with van der Waals surface area (Å²) in [5.41, 5.74) is 1.30. The highest BCUT2D eigenvalue weighted by atomic mass is 79.9. The number of nitrogens with one attached hydrogen (secondary N) is 1. The molecule has 76 valence electrons. The quantitative estimate of drug-likeness (QED) is 0.833. The Balaban J connectivity index is 2.08. The third kappa shape index (κ3) is 2.56. The van der Waals surface area contributed by atoms with Crippen LogP contribution in [0.4, 0.5) is 0 Å². The molecule has 2 nitrogen and oxygen atoms in total. The van der Waals surface area contributed by atoms with Crippen molar-refractivity contribution < 1.29 is 4.74 Å². The summed E-state index contributed by atoms with van der Waals surface area (Å²) < 4.78 is 6.64. The molecule has 0 spiro atoms. The van der Waals surface area contributed by atoms with Crippen LogP contribution in [-0.2, 0) is 4.74 Å². The largest absolute Gasteiger partial charge is 0.379 e. The minimum Gasteiger partial charge on any atom is -0.379 e. The minimum absolute atomic E-state index is 0.352. The van der Waals surface area contributed by atoms with Gasteiger partial charge in [-0.2, -0.15) is 0 Å². The molecular weight excluding hydrogens is 242 g/mol. The van der Waals surface area contributed by atoms with Crippen LogP contribution in [0, 0.1) is 0 Å². The summed E-state index contributed by atoms with van der Waals surface area (Å²) in [5, 5.41) is 3.48. The molecule has 1 saturated heterocycles. The Labute approximate surface area is 92.8 Å². The molecule has 1 unspecified atom stereocenters. The molecule has 0 radical (unpaired) electrons. The van der Waals surface area contributed by atoms with E-state index in [2.05, 4.69) is 45.5 Å². The number of ether oxygens (including phenoxy) is 1. The zero-order valence-corrected chi connectivity index (χ0v) is 9.59. The summed E-state index contributed by atoms with van der Waals surface area (Å²) >= 11 is 3.43. The lowest BCUT2D eigenvalue weighted by molar-refractivity contribution is 0.131. The maximum absolute atomic E-state index is 5.52. The fraction of sp³-hybridized carbons (Fsp3) is 0.455. The Morgan fingerprint density at radius 3 is 2.86 bits per heavy atom. The van der Waals surface area contributed by atoms with Crippen LogP contribution in [0.3, 0.4) is 0 Å². The number of rotatable bonds is 1. The average Bonchev–Trinajstić information content (AvgIpc) is 2.47. The van der Waals surface area contributed by atoms with E-state index in [4.69, 9.17) is 4.74 Å². The molecule has 1 aliphatic rings. The van der Waals surface area contributed by atoms with E-state index in [1.54, 1.807) is 0 Å². The molecule has 1 aromatic carbocycles. The Hall–Kier alpha value is -0.380. The molecule has 1 N–H and O–H groups in total. The second-order valence-corrected chi connectivity index (χ2v) is 4.40. The topological polar surface area (TPSA) is 21.3 Å². The Kier molecular flexibility index (Phi) is 3.56. The first-order chi connectivity index (χ1) is 6.86. The first-order valence-corrected chi connectivity index (χ1v) is 5.72. The van der Waals surface area contributed by atoms with Crippen LogP contribution >= 0.6 is 15.9 Å². The van der Waals surface area contributed by atoms with Gasteiger partial charge < -0.3 is 10.1 Å². The predicted molar refractivity (Wildman–Crippen MR) is 60.3 cm³/mol. The molecule has 1 aromatic rings. The Bertz CT molecular complexity index is 278. The highest BCUT2D eigenvalue weighted by Gasteiger charge is 2.13. The fourth-order valence-corrected chi connectivity index (χ4v) is 1.88. The lowest BCUT2D eigenvalue weighted by Gasteiger charge is -2.15. The van der Waals surface area contributed by atoms with E-state index in [1.165, 1.54) is 5.56 Å². The number of hydrogen-bond donors (Lipinski definition) is 1. The highest BCUT2D eigenvalue weighted by Crippen LogP contribution is 2.18. The molecule has 0 amide bonds. The Morgan fingerprint density at radius 2 is 2.07 bits per heavy atom. The van der Waals surface area contributed by atoms with Crippen LogP contribution in [0.1, 0.15) is 18.0 Å². The van der Waals surface area contributed by atoms with Gasteiger partial charge in [0.1, 0.15) is 0 Å². The fourth-order valence-electron chi connectivity index (χ4n) is 1.62. The molecule has 14 heavy (non-hydrogen) atoms. The molecule has 3 heteroatoms. The number of benzene rings is 1. The Morgan fingerprint density at radius 1 is 1.29 bits per heavy atom. The summed E-state index contributed by atoms with van der Waals surface area (Å²) in [5.74, 6) is 0. The number of halogens is 1. The van der Waals surface area contributed by atoms with Gasteiger partial charge in [-0.15, -0.1) is 0 Å². The van der Waals surface area contributed by atoms with E-state index in [0.717, 1.165) is 30.7 Å². The van der Waals surface area contributed by atoms with E-state index in [-0.39, 0.29) is 0 Å². The molecule has 1 aliphatic heterocycles. The third-order valence-corrected chi connectivity index (χ3v) is 2.94. The van der Waals surface area contributed by atoms with Gasteiger partial charge in [0.05, 0.1) is 12.6 Å². The highest BCUT2D eigenvalue weighted by molar-refractivity contribution is 9.10. The first-order valence-electron chi connectivity index (χ1n) is 4.93. The van der Waals surface area contributed by atoms with Gasteiger partial charge in [-0.25, -0.2) is 0 Å². The van der Waals surface area contributed by atoms with Gasteiger partial charge >= 0.3 is 0 Å². The number of hydrogen-bond acceptors (Lipinski definition) is 2. The van der Waals surface area contributed by atoms with Gasteiger partial charge in [0.2, 0.25) is 0 Å². The van der Waals surface area contributed by atoms with Crippen LogP contribution in [0.2, 0.25) is 0 Å². The molecule has 0 aliphatic carbocycles. The predicted octanol–water partition coefficient (Wildman–Crippen LogP) is 2.50. The molecule has 1 fully saturated rings. The molecule has 1 heterocycles. The molecule has 0 bridgehead atoms. The zero-order valence-electron chi connectivity index (χ0n) is 8.00. The monoisotopic (exact) mass is 255 g/mol. The van der Waals surface area contributed by atoms with Crippen molar-refractivity contribution in [2.75, 3.05) is 19.8 Å². The normalized spacial score (nSPS) is 23.1. The van der Waals surface area contributed by atoms with Gasteiger partial charge in [-0.1, -0.05) is 28.1 Å². The molecule has 0 aromatic heterocycles. The average molecular weight is 256 g/mol. The molecule has 2 rings (SSSR count). The van der Waals surface area contributed by atoms with Crippen molar-refractivity contribution in [3.8, 4) is 0 Å². The molecule has 0 saturated carbocycles. The summed E-state index contributed by atoms with van der Waals surface area (Å²) in [7, 11) is 0. The van der Waals surface area contributed by atoms with Crippen molar-refractivity contribution in [3.63, 3.8) is 0 Å². The smallest absolute Gasteiger partial charge is 0.0661 e. The minimum atomic E-state index is 0.352. The van der Waals surface area contributed by atoms with Crippen molar-refractivity contribution in [1.82, 2.24) is 5.32 Å².